The molecule has 2 aromatic heterocycles. The molecular weight excluding hydrogens is 200 g/mol. The zero-order valence-electron chi connectivity index (χ0n) is 7.94. The molecule has 0 unspecified atom stereocenters. The number of hydrogen-bond donors (Lipinski definition) is 1. The molecule has 0 radical (unpaired) electrons. The summed E-state index contributed by atoms with van der Waals surface area (Å²) in [5.41, 5.74) is 0.830. The fraction of sp³-hybridized carbons (Fsp3) is 0.375. The number of hydrogen-bond acceptors (Lipinski definition) is 4. The van der Waals surface area contributed by atoms with Crippen LogP contribution in [0.4, 0.5) is 0 Å². The van der Waals surface area contributed by atoms with E-state index in [1.165, 1.54) is 0 Å². The summed E-state index contributed by atoms with van der Waals surface area (Å²) in [6.07, 6.45) is 0. The minimum atomic E-state index is 0.594. The van der Waals surface area contributed by atoms with E-state index in [0.717, 1.165) is 12.2 Å². The first-order valence-corrected chi connectivity index (χ1v) is 4.72. The van der Waals surface area contributed by atoms with Crippen LogP contribution >= 0.6 is 12.2 Å². The van der Waals surface area contributed by atoms with Gasteiger partial charge in [0.1, 0.15) is 0 Å². The van der Waals surface area contributed by atoms with Gasteiger partial charge in [0.25, 0.3) is 0 Å². The average molecular weight is 210 g/mol. The number of nitrogens with one attached hydrogen (secondary N) is 1. The van der Waals surface area contributed by atoms with Gasteiger partial charge in [0.05, 0.1) is 5.69 Å². The summed E-state index contributed by atoms with van der Waals surface area (Å²) < 4.78 is 7.56. The van der Waals surface area contributed by atoms with Crippen LogP contribution in [0.25, 0.3) is 11.6 Å². The number of H-pyrrole nitrogens is 1. The number of aromatic nitrogens is 4. The van der Waals surface area contributed by atoms with Gasteiger partial charge in [0, 0.05) is 12.6 Å². The molecule has 0 amide bonds. The molecule has 0 saturated carbocycles. The van der Waals surface area contributed by atoms with Crippen LogP contribution in [0.15, 0.2) is 10.6 Å². The summed E-state index contributed by atoms with van der Waals surface area (Å²) in [6, 6.07) is 1.83. The summed E-state index contributed by atoms with van der Waals surface area (Å²) in [5.74, 6) is 1.33. The van der Waals surface area contributed by atoms with Gasteiger partial charge in [0.2, 0.25) is 11.6 Å². The van der Waals surface area contributed by atoms with Crippen LogP contribution in [0.3, 0.4) is 0 Å². The van der Waals surface area contributed by atoms with E-state index < -0.39 is 0 Å². The zero-order valence-corrected chi connectivity index (χ0v) is 8.76. The van der Waals surface area contributed by atoms with Gasteiger partial charge < -0.3 is 4.52 Å². The minimum Gasteiger partial charge on any atom is -0.353 e. The van der Waals surface area contributed by atoms with E-state index in [2.05, 4.69) is 15.4 Å². The molecule has 6 heteroatoms. The van der Waals surface area contributed by atoms with Crippen molar-refractivity contribution in [1.29, 1.82) is 0 Å². The van der Waals surface area contributed by atoms with Crippen LogP contribution in [0.1, 0.15) is 12.6 Å². The first-order chi connectivity index (χ1) is 6.72. The number of rotatable bonds is 2. The summed E-state index contributed by atoms with van der Waals surface area (Å²) in [7, 11) is 0. The highest BCUT2D eigenvalue weighted by molar-refractivity contribution is 7.71. The first-order valence-electron chi connectivity index (χ1n) is 4.31. The smallest absolute Gasteiger partial charge is 0.204 e. The molecule has 5 nitrogen and oxygen atoms in total. The Labute approximate surface area is 85.7 Å². The number of aromatic amines is 1. The van der Waals surface area contributed by atoms with Crippen molar-refractivity contribution in [3.63, 3.8) is 0 Å². The molecule has 0 aromatic carbocycles. The Hall–Kier alpha value is -1.43. The van der Waals surface area contributed by atoms with E-state index in [4.69, 9.17) is 16.7 Å². The highest BCUT2D eigenvalue weighted by Gasteiger charge is 2.11. The molecular formula is C8H10N4OS. The van der Waals surface area contributed by atoms with E-state index in [-0.39, 0.29) is 0 Å². The Bertz CT molecular complexity index is 495. The molecule has 0 aliphatic rings. The summed E-state index contributed by atoms with van der Waals surface area (Å²) >= 11 is 5.06. The lowest BCUT2D eigenvalue weighted by atomic mass is 10.4. The molecule has 14 heavy (non-hydrogen) atoms. The Kier molecular flexibility index (Phi) is 2.20. The molecule has 0 saturated heterocycles. The molecule has 2 rings (SSSR count). The van der Waals surface area contributed by atoms with E-state index in [1.54, 1.807) is 0 Å². The molecule has 0 fully saturated rings. The lowest BCUT2D eigenvalue weighted by Gasteiger charge is -1.97. The molecule has 0 atom stereocenters. The van der Waals surface area contributed by atoms with Crippen LogP contribution in [-0.2, 0) is 6.54 Å². The topological polar surface area (TPSA) is 59.6 Å². The van der Waals surface area contributed by atoms with Crippen LogP contribution in [0.2, 0.25) is 0 Å². The zero-order chi connectivity index (χ0) is 10.1. The maximum atomic E-state index is 5.11. The standard InChI is InChI=1S/C8H10N4OS/c1-3-12-7(9-10-8(12)14)6-4-5(2)11-13-6/h4H,3H2,1-2H3,(H,10,14). The normalized spacial score (nSPS) is 10.7. The SMILES string of the molecule is CCn1c(-c2cc(C)no2)n[nH]c1=S. The van der Waals surface area contributed by atoms with Gasteiger partial charge in [-0.25, -0.2) is 0 Å². The van der Waals surface area contributed by atoms with Gasteiger partial charge >= 0.3 is 0 Å². The van der Waals surface area contributed by atoms with Crippen LogP contribution in [0, 0.1) is 11.7 Å². The molecule has 0 bridgehead atoms. The van der Waals surface area contributed by atoms with Gasteiger partial charge in [-0.1, -0.05) is 5.16 Å². The second-order valence-electron chi connectivity index (χ2n) is 2.93. The first kappa shape index (κ1) is 9.14. The van der Waals surface area contributed by atoms with Crippen LogP contribution < -0.4 is 0 Å². The molecule has 0 spiro atoms. The maximum absolute atomic E-state index is 5.11. The largest absolute Gasteiger partial charge is 0.353 e. The van der Waals surface area contributed by atoms with E-state index >= 15 is 0 Å². The highest BCUT2D eigenvalue weighted by Crippen LogP contribution is 2.17. The second kappa shape index (κ2) is 3.38. The van der Waals surface area contributed by atoms with Crippen molar-refractivity contribution in [1.82, 2.24) is 19.9 Å². The van der Waals surface area contributed by atoms with Crippen molar-refractivity contribution in [2.75, 3.05) is 0 Å². The van der Waals surface area contributed by atoms with E-state index in [9.17, 15) is 0 Å². The maximum Gasteiger partial charge on any atom is 0.204 e. The summed E-state index contributed by atoms with van der Waals surface area (Å²) in [4.78, 5) is 0. The predicted octanol–water partition coefficient (Wildman–Crippen LogP) is 1.92. The number of nitrogens with zero attached hydrogens (tertiary/aromatic N) is 3. The van der Waals surface area contributed by atoms with Gasteiger partial charge in [-0.15, -0.1) is 0 Å². The van der Waals surface area contributed by atoms with Crippen molar-refractivity contribution < 1.29 is 4.52 Å². The molecule has 0 aliphatic carbocycles. The molecule has 0 aliphatic heterocycles. The molecule has 2 heterocycles. The summed E-state index contributed by atoms with van der Waals surface area (Å²) in [6.45, 7) is 4.62. The molecule has 74 valence electrons. The Balaban J connectivity index is 2.56. The fourth-order valence-electron chi connectivity index (χ4n) is 1.27. The van der Waals surface area contributed by atoms with Gasteiger partial charge in [-0.3, -0.25) is 9.67 Å². The fourth-order valence-corrected chi connectivity index (χ4v) is 1.53. The van der Waals surface area contributed by atoms with Gasteiger partial charge in [-0.05, 0) is 26.1 Å². The van der Waals surface area contributed by atoms with Crippen molar-refractivity contribution in [3.05, 3.63) is 16.5 Å². The van der Waals surface area contributed by atoms with Gasteiger partial charge in [-0.2, -0.15) is 5.10 Å². The Morgan fingerprint density at radius 3 is 3.00 bits per heavy atom. The van der Waals surface area contributed by atoms with Crippen LogP contribution in [0.5, 0.6) is 0 Å². The quantitative estimate of drug-likeness (QED) is 0.769. The Morgan fingerprint density at radius 2 is 2.43 bits per heavy atom. The second-order valence-corrected chi connectivity index (χ2v) is 3.32. The van der Waals surface area contributed by atoms with Crippen molar-refractivity contribution in [2.24, 2.45) is 0 Å². The highest BCUT2D eigenvalue weighted by atomic mass is 32.1. The third-order valence-electron chi connectivity index (χ3n) is 1.92. The average Bonchev–Trinajstić information content (AvgIpc) is 2.71. The van der Waals surface area contributed by atoms with Crippen molar-refractivity contribution in [3.8, 4) is 11.6 Å². The lowest BCUT2D eigenvalue weighted by Crippen LogP contribution is -1.96. The molecule has 1 N–H and O–H groups in total. The van der Waals surface area contributed by atoms with Crippen molar-refractivity contribution in [2.45, 2.75) is 20.4 Å². The van der Waals surface area contributed by atoms with Gasteiger partial charge in [0.15, 0.2) is 4.77 Å². The lowest BCUT2D eigenvalue weighted by molar-refractivity contribution is 0.422. The number of aryl methyl sites for hydroxylation is 1. The monoisotopic (exact) mass is 210 g/mol. The van der Waals surface area contributed by atoms with Crippen LogP contribution in [-0.4, -0.2) is 19.9 Å². The third-order valence-corrected chi connectivity index (χ3v) is 2.23. The van der Waals surface area contributed by atoms with Crippen molar-refractivity contribution >= 4 is 12.2 Å². The molecule has 2 aromatic rings. The summed E-state index contributed by atoms with van der Waals surface area (Å²) in [5, 5.41) is 10.6. The Morgan fingerprint density at radius 1 is 1.64 bits per heavy atom. The predicted molar refractivity (Wildman–Crippen MR) is 53.3 cm³/mol. The van der Waals surface area contributed by atoms with E-state index in [0.29, 0.717) is 16.4 Å². The van der Waals surface area contributed by atoms with E-state index in [1.807, 2.05) is 24.5 Å². The third kappa shape index (κ3) is 1.37. The minimum absolute atomic E-state index is 0.594.